The molecule has 2 nitrogen and oxygen atoms in total. The summed E-state index contributed by atoms with van der Waals surface area (Å²) in [7, 11) is 0. The van der Waals surface area contributed by atoms with Crippen molar-refractivity contribution in [3.8, 4) is 6.07 Å². The summed E-state index contributed by atoms with van der Waals surface area (Å²) in [5.74, 6) is 0. The van der Waals surface area contributed by atoms with Gasteiger partial charge >= 0.3 is 0 Å². The van der Waals surface area contributed by atoms with E-state index in [4.69, 9.17) is 5.26 Å². The van der Waals surface area contributed by atoms with Crippen LogP contribution in [0, 0.1) is 16.7 Å². The van der Waals surface area contributed by atoms with Crippen LogP contribution in [0.5, 0.6) is 0 Å². The Balaban J connectivity index is 2.26. The molecule has 0 aromatic heterocycles. The summed E-state index contributed by atoms with van der Waals surface area (Å²) in [5.41, 5.74) is 0.538. The zero-order chi connectivity index (χ0) is 10.6. The molecular weight excluding hydrogens is 172 g/mol. The fourth-order valence-electron chi connectivity index (χ4n) is 2.16. The lowest BCUT2D eigenvalue weighted by molar-refractivity contribution is 0.200. The maximum absolute atomic E-state index is 8.56. The van der Waals surface area contributed by atoms with Gasteiger partial charge in [0.25, 0.3) is 0 Å². The molecule has 1 N–H and O–H groups in total. The van der Waals surface area contributed by atoms with Crippen molar-refractivity contribution >= 4 is 0 Å². The van der Waals surface area contributed by atoms with Gasteiger partial charge in [0.1, 0.15) is 0 Å². The molecule has 14 heavy (non-hydrogen) atoms. The minimum atomic E-state index is 0.353. The lowest BCUT2D eigenvalue weighted by Crippen LogP contribution is -2.40. The van der Waals surface area contributed by atoms with Crippen LogP contribution in [0.15, 0.2) is 0 Å². The molecule has 1 aliphatic rings. The van der Waals surface area contributed by atoms with Crippen molar-refractivity contribution in [1.82, 2.24) is 5.32 Å². The molecule has 0 bridgehead atoms. The predicted octanol–water partition coefficient (Wildman–Crippen LogP) is 2.85. The quantitative estimate of drug-likeness (QED) is 0.750. The molecule has 1 saturated carbocycles. The van der Waals surface area contributed by atoms with E-state index in [2.05, 4.69) is 32.2 Å². The van der Waals surface area contributed by atoms with Gasteiger partial charge in [-0.25, -0.2) is 0 Å². The van der Waals surface area contributed by atoms with Gasteiger partial charge in [-0.2, -0.15) is 5.26 Å². The number of nitrogens with zero attached hydrogens (tertiary/aromatic N) is 1. The van der Waals surface area contributed by atoms with Crippen LogP contribution < -0.4 is 5.32 Å². The van der Waals surface area contributed by atoms with Gasteiger partial charge in [0.05, 0.1) is 12.5 Å². The Morgan fingerprint density at radius 1 is 1.43 bits per heavy atom. The molecule has 0 aromatic carbocycles. The Bertz CT molecular complexity index is 205. The fraction of sp³-hybridized carbons (Fsp3) is 0.917. The topological polar surface area (TPSA) is 35.8 Å². The lowest BCUT2D eigenvalue weighted by Gasteiger charge is -2.35. The highest BCUT2D eigenvalue weighted by Gasteiger charge is 2.26. The van der Waals surface area contributed by atoms with Crippen LogP contribution in [0.4, 0.5) is 0 Å². The summed E-state index contributed by atoms with van der Waals surface area (Å²) >= 11 is 0. The van der Waals surface area contributed by atoms with Gasteiger partial charge in [0.15, 0.2) is 0 Å². The second kappa shape index (κ2) is 4.79. The molecule has 0 aliphatic heterocycles. The van der Waals surface area contributed by atoms with Gasteiger partial charge in [-0.1, -0.05) is 13.8 Å². The molecule has 0 saturated heterocycles. The fourth-order valence-corrected chi connectivity index (χ4v) is 2.16. The van der Waals surface area contributed by atoms with Crippen molar-refractivity contribution in [1.29, 1.82) is 5.26 Å². The average Bonchev–Trinajstić information content (AvgIpc) is 2.09. The summed E-state index contributed by atoms with van der Waals surface area (Å²) < 4.78 is 0. The summed E-state index contributed by atoms with van der Waals surface area (Å²) in [5, 5.41) is 12.1. The number of nitrogens with one attached hydrogen (secondary N) is 1. The van der Waals surface area contributed by atoms with Crippen molar-refractivity contribution in [2.24, 2.45) is 5.41 Å². The van der Waals surface area contributed by atoms with Gasteiger partial charge in [-0.3, -0.25) is 0 Å². The zero-order valence-electron chi connectivity index (χ0n) is 9.64. The first-order valence-electron chi connectivity index (χ1n) is 5.66. The summed E-state index contributed by atoms with van der Waals surface area (Å²) in [6.07, 6.45) is 5.78. The molecular formula is C12H22N2. The Labute approximate surface area is 87.7 Å². The van der Waals surface area contributed by atoms with Crippen molar-refractivity contribution < 1.29 is 0 Å². The van der Waals surface area contributed by atoms with E-state index in [9.17, 15) is 0 Å². The van der Waals surface area contributed by atoms with Crippen molar-refractivity contribution in [3.05, 3.63) is 0 Å². The van der Waals surface area contributed by atoms with Crippen LogP contribution >= 0.6 is 0 Å². The summed E-state index contributed by atoms with van der Waals surface area (Å²) in [6, 6.07) is 3.21. The van der Waals surface area contributed by atoms with E-state index in [0.29, 0.717) is 23.9 Å². The van der Waals surface area contributed by atoms with E-state index in [1.165, 1.54) is 25.7 Å². The van der Waals surface area contributed by atoms with Gasteiger partial charge in [0, 0.05) is 12.1 Å². The van der Waals surface area contributed by atoms with E-state index in [0.717, 1.165) is 0 Å². The first-order valence-corrected chi connectivity index (χ1v) is 5.66. The SMILES string of the molecule is CC(CC#N)NC1CCC(C)(C)CC1. The normalized spacial score (nSPS) is 24.1. The van der Waals surface area contributed by atoms with Gasteiger partial charge < -0.3 is 5.32 Å². The molecule has 1 atom stereocenters. The van der Waals surface area contributed by atoms with Crippen molar-refractivity contribution in [2.45, 2.75) is 65.0 Å². The van der Waals surface area contributed by atoms with E-state index in [1.807, 2.05) is 0 Å². The molecule has 1 rings (SSSR count). The highest BCUT2D eigenvalue weighted by Crippen LogP contribution is 2.35. The molecule has 0 heterocycles. The Morgan fingerprint density at radius 3 is 2.50 bits per heavy atom. The van der Waals surface area contributed by atoms with Crippen LogP contribution in [-0.4, -0.2) is 12.1 Å². The van der Waals surface area contributed by atoms with E-state index >= 15 is 0 Å². The third-order valence-electron chi connectivity index (χ3n) is 3.26. The van der Waals surface area contributed by atoms with Gasteiger partial charge in [0.2, 0.25) is 0 Å². The van der Waals surface area contributed by atoms with Gasteiger partial charge in [-0.15, -0.1) is 0 Å². The van der Waals surface area contributed by atoms with Crippen LogP contribution in [-0.2, 0) is 0 Å². The van der Waals surface area contributed by atoms with E-state index in [1.54, 1.807) is 0 Å². The molecule has 0 aromatic rings. The molecule has 1 unspecified atom stereocenters. The zero-order valence-corrected chi connectivity index (χ0v) is 9.64. The van der Waals surface area contributed by atoms with Gasteiger partial charge in [-0.05, 0) is 38.0 Å². The molecule has 0 radical (unpaired) electrons. The highest BCUT2D eigenvalue weighted by atomic mass is 14.9. The van der Waals surface area contributed by atoms with E-state index < -0.39 is 0 Å². The van der Waals surface area contributed by atoms with Crippen molar-refractivity contribution in [2.75, 3.05) is 0 Å². The molecule has 0 amide bonds. The lowest BCUT2D eigenvalue weighted by atomic mass is 9.75. The van der Waals surface area contributed by atoms with Crippen LogP contribution in [0.3, 0.4) is 0 Å². The first-order chi connectivity index (χ1) is 6.53. The standard InChI is InChI=1S/C12H22N2/c1-10(6-9-13)14-11-4-7-12(2,3)8-5-11/h10-11,14H,4-8H2,1-3H3. The van der Waals surface area contributed by atoms with Crippen LogP contribution in [0.2, 0.25) is 0 Å². The highest BCUT2D eigenvalue weighted by molar-refractivity contribution is 4.85. The largest absolute Gasteiger partial charge is 0.310 e. The number of nitriles is 1. The monoisotopic (exact) mass is 194 g/mol. The van der Waals surface area contributed by atoms with Crippen LogP contribution in [0.25, 0.3) is 0 Å². The second-order valence-electron chi connectivity index (χ2n) is 5.37. The molecule has 2 heteroatoms. The average molecular weight is 194 g/mol. The Morgan fingerprint density at radius 2 is 2.00 bits per heavy atom. The minimum absolute atomic E-state index is 0.353. The third kappa shape index (κ3) is 3.67. The Kier molecular flexibility index (Phi) is 3.95. The molecule has 0 spiro atoms. The van der Waals surface area contributed by atoms with E-state index in [-0.39, 0.29) is 0 Å². The number of hydrogen-bond donors (Lipinski definition) is 1. The minimum Gasteiger partial charge on any atom is -0.310 e. The van der Waals surface area contributed by atoms with Crippen molar-refractivity contribution in [3.63, 3.8) is 0 Å². The maximum atomic E-state index is 8.56. The number of hydrogen-bond acceptors (Lipinski definition) is 2. The summed E-state index contributed by atoms with van der Waals surface area (Å²) in [4.78, 5) is 0. The first kappa shape index (κ1) is 11.5. The maximum Gasteiger partial charge on any atom is 0.0638 e. The number of rotatable bonds is 3. The van der Waals surface area contributed by atoms with Crippen LogP contribution in [0.1, 0.15) is 52.9 Å². The Hall–Kier alpha value is -0.550. The molecule has 1 fully saturated rings. The molecule has 80 valence electrons. The summed E-state index contributed by atoms with van der Waals surface area (Å²) in [6.45, 7) is 6.80. The third-order valence-corrected chi connectivity index (χ3v) is 3.26. The predicted molar refractivity (Wildman–Crippen MR) is 58.9 cm³/mol. The smallest absolute Gasteiger partial charge is 0.0638 e. The second-order valence-corrected chi connectivity index (χ2v) is 5.37. The molecule has 1 aliphatic carbocycles.